The van der Waals surface area contributed by atoms with E-state index in [4.69, 9.17) is 9.47 Å². The van der Waals surface area contributed by atoms with Gasteiger partial charge in [-0.05, 0) is 60.7 Å². The summed E-state index contributed by atoms with van der Waals surface area (Å²) in [7, 11) is 1.57. The average molecular weight is 411 g/mol. The van der Waals surface area contributed by atoms with Gasteiger partial charge in [0.2, 0.25) is 0 Å². The van der Waals surface area contributed by atoms with Gasteiger partial charge in [0, 0.05) is 11.3 Å². The van der Waals surface area contributed by atoms with Gasteiger partial charge in [-0.1, -0.05) is 17.7 Å². The fourth-order valence-corrected chi connectivity index (χ4v) is 2.73. The summed E-state index contributed by atoms with van der Waals surface area (Å²) in [4.78, 5) is 12.4. The van der Waals surface area contributed by atoms with Gasteiger partial charge in [-0.2, -0.15) is 0 Å². The van der Waals surface area contributed by atoms with Gasteiger partial charge in [-0.25, -0.2) is 0 Å². The summed E-state index contributed by atoms with van der Waals surface area (Å²) < 4.78 is 11.7. The Morgan fingerprint density at radius 3 is 2.50 bits per heavy atom. The number of anilines is 1. The molecule has 1 N–H and O–H groups in total. The monoisotopic (exact) mass is 411 g/mol. The summed E-state index contributed by atoms with van der Waals surface area (Å²) in [5.41, 5.74) is 2.44. The Balaban J connectivity index is 2.26. The number of ether oxygens (including phenoxy) is 2. The van der Waals surface area contributed by atoms with Crippen LogP contribution >= 0.6 is 22.6 Å². The lowest BCUT2D eigenvalue weighted by atomic mass is 10.1. The van der Waals surface area contributed by atoms with E-state index >= 15 is 0 Å². The highest BCUT2D eigenvalue weighted by Crippen LogP contribution is 2.34. The molecule has 4 nitrogen and oxygen atoms in total. The predicted molar refractivity (Wildman–Crippen MR) is 96.0 cm³/mol. The first-order valence-corrected chi connectivity index (χ1v) is 8.01. The molecule has 22 heavy (non-hydrogen) atoms. The number of carbonyl (C=O) groups excluding carboxylic acids is 1. The zero-order chi connectivity index (χ0) is 16.1. The van der Waals surface area contributed by atoms with Crippen LogP contribution < -0.4 is 14.8 Å². The second kappa shape index (κ2) is 7.49. The topological polar surface area (TPSA) is 47.6 Å². The molecule has 0 aromatic heterocycles. The third-order valence-corrected chi connectivity index (χ3v) is 3.89. The maximum Gasteiger partial charge on any atom is 0.255 e. The molecule has 0 fully saturated rings. The van der Waals surface area contributed by atoms with Crippen LogP contribution in [0.2, 0.25) is 0 Å². The van der Waals surface area contributed by atoms with E-state index in [1.54, 1.807) is 19.2 Å². The first-order valence-electron chi connectivity index (χ1n) is 6.93. The molecule has 0 saturated carbocycles. The van der Waals surface area contributed by atoms with E-state index < -0.39 is 0 Å². The van der Waals surface area contributed by atoms with Crippen LogP contribution in [-0.2, 0) is 0 Å². The minimum Gasteiger partial charge on any atom is -0.493 e. The quantitative estimate of drug-likeness (QED) is 0.749. The lowest BCUT2D eigenvalue weighted by Gasteiger charge is -2.13. The normalized spacial score (nSPS) is 10.2. The zero-order valence-corrected chi connectivity index (χ0v) is 14.9. The fraction of sp³-hybridized carbons (Fsp3) is 0.235. The van der Waals surface area contributed by atoms with Crippen molar-refractivity contribution in [2.24, 2.45) is 0 Å². The maximum absolute atomic E-state index is 12.4. The van der Waals surface area contributed by atoms with Gasteiger partial charge in [-0.3, -0.25) is 4.79 Å². The number of hydrogen-bond donors (Lipinski definition) is 1. The molecule has 116 valence electrons. The third-order valence-electron chi connectivity index (χ3n) is 3.09. The van der Waals surface area contributed by atoms with Crippen LogP contribution in [0.25, 0.3) is 0 Å². The second-order valence-corrected chi connectivity index (χ2v) is 5.90. The van der Waals surface area contributed by atoms with E-state index in [2.05, 4.69) is 27.9 Å². The van der Waals surface area contributed by atoms with E-state index in [9.17, 15) is 4.79 Å². The molecule has 5 heteroatoms. The molecule has 0 radical (unpaired) electrons. The smallest absolute Gasteiger partial charge is 0.255 e. The Hall–Kier alpha value is -1.76. The van der Waals surface area contributed by atoms with Crippen molar-refractivity contribution in [1.29, 1.82) is 0 Å². The Morgan fingerprint density at radius 1 is 1.23 bits per heavy atom. The van der Waals surface area contributed by atoms with Crippen LogP contribution in [0.4, 0.5) is 5.69 Å². The highest BCUT2D eigenvalue weighted by atomic mass is 127. The van der Waals surface area contributed by atoms with Gasteiger partial charge in [-0.15, -0.1) is 0 Å². The number of benzene rings is 2. The summed E-state index contributed by atoms with van der Waals surface area (Å²) in [6, 6.07) is 11.2. The van der Waals surface area contributed by atoms with E-state index in [1.807, 2.05) is 38.1 Å². The zero-order valence-electron chi connectivity index (χ0n) is 12.8. The molecule has 0 aliphatic carbocycles. The molecule has 0 unspecified atom stereocenters. The highest BCUT2D eigenvalue weighted by molar-refractivity contribution is 14.1. The maximum atomic E-state index is 12.4. The average Bonchev–Trinajstić information content (AvgIpc) is 2.51. The molecule has 2 aromatic carbocycles. The molecule has 0 atom stereocenters. The molecule has 0 heterocycles. The number of aryl methyl sites for hydroxylation is 1. The van der Waals surface area contributed by atoms with Crippen molar-refractivity contribution >= 4 is 34.2 Å². The van der Waals surface area contributed by atoms with Gasteiger partial charge < -0.3 is 14.8 Å². The van der Waals surface area contributed by atoms with E-state index in [0.717, 1.165) is 14.8 Å². The largest absolute Gasteiger partial charge is 0.493 e. The predicted octanol–water partition coefficient (Wildman–Crippen LogP) is 4.26. The van der Waals surface area contributed by atoms with E-state index in [1.165, 1.54) is 0 Å². The molecule has 0 aliphatic rings. The van der Waals surface area contributed by atoms with E-state index in [0.29, 0.717) is 23.7 Å². The van der Waals surface area contributed by atoms with Crippen molar-refractivity contribution in [2.75, 3.05) is 19.0 Å². The number of amides is 1. The summed E-state index contributed by atoms with van der Waals surface area (Å²) >= 11 is 2.14. The number of halogens is 1. The number of rotatable bonds is 5. The molecular weight excluding hydrogens is 393 g/mol. The molecule has 1 amide bonds. The van der Waals surface area contributed by atoms with Crippen molar-refractivity contribution in [1.82, 2.24) is 0 Å². The van der Waals surface area contributed by atoms with Crippen molar-refractivity contribution in [3.8, 4) is 11.5 Å². The number of hydrogen-bond acceptors (Lipinski definition) is 3. The fourth-order valence-electron chi connectivity index (χ4n) is 1.98. The van der Waals surface area contributed by atoms with Crippen molar-refractivity contribution in [3.63, 3.8) is 0 Å². The first-order chi connectivity index (χ1) is 10.5. The second-order valence-electron chi connectivity index (χ2n) is 4.74. The minimum atomic E-state index is -0.178. The SMILES string of the molecule is CCOc1c(I)cc(C(=O)Nc2ccc(C)cc2)cc1OC. The summed E-state index contributed by atoms with van der Waals surface area (Å²) in [6.45, 7) is 4.46. The van der Waals surface area contributed by atoms with Crippen molar-refractivity contribution < 1.29 is 14.3 Å². The number of nitrogens with one attached hydrogen (secondary N) is 1. The number of carbonyl (C=O) groups is 1. The van der Waals surface area contributed by atoms with Crippen molar-refractivity contribution in [2.45, 2.75) is 13.8 Å². The molecule has 0 spiro atoms. The van der Waals surface area contributed by atoms with Gasteiger partial charge >= 0.3 is 0 Å². The lowest BCUT2D eigenvalue weighted by Crippen LogP contribution is -2.12. The molecule has 2 rings (SSSR count). The molecule has 2 aromatic rings. The van der Waals surface area contributed by atoms with Gasteiger partial charge in [0.1, 0.15) is 0 Å². The Labute approximate surface area is 144 Å². The van der Waals surface area contributed by atoms with Gasteiger partial charge in [0.05, 0.1) is 17.3 Å². The first kappa shape index (κ1) is 16.6. The summed E-state index contributed by atoms with van der Waals surface area (Å²) in [5, 5.41) is 2.88. The summed E-state index contributed by atoms with van der Waals surface area (Å²) in [6.07, 6.45) is 0. The van der Waals surface area contributed by atoms with Crippen LogP contribution in [0.15, 0.2) is 36.4 Å². The van der Waals surface area contributed by atoms with Crippen LogP contribution in [-0.4, -0.2) is 19.6 Å². The molecule has 0 aliphatic heterocycles. The standard InChI is InChI=1S/C17H18INO3/c1-4-22-16-14(18)9-12(10-15(16)21-3)17(20)19-13-7-5-11(2)6-8-13/h5-10H,4H2,1-3H3,(H,19,20). The number of methoxy groups -OCH3 is 1. The molecule has 0 saturated heterocycles. The van der Waals surface area contributed by atoms with Crippen molar-refractivity contribution in [3.05, 3.63) is 51.1 Å². The third kappa shape index (κ3) is 3.91. The molecular formula is C17H18INO3. The lowest BCUT2D eigenvalue weighted by molar-refractivity contribution is 0.102. The van der Waals surface area contributed by atoms with Gasteiger partial charge in [0.15, 0.2) is 11.5 Å². The van der Waals surface area contributed by atoms with Crippen LogP contribution in [0.5, 0.6) is 11.5 Å². The van der Waals surface area contributed by atoms with Gasteiger partial charge in [0.25, 0.3) is 5.91 Å². The highest BCUT2D eigenvalue weighted by Gasteiger charge is 2.15. The van der Waals surface area contributed by atoms with Crippen LogP contribution in [0.3, 0.4) is 0 Å². The van der Waals surface area contributed by atoms with E-state index in [-0.39, 0.29) is 5.91 Å². The summed E-state index contributed by atoms with van der Waals surface area (Å²) in [5.74, 6) is 1.04. The Bertz CT molecular complexity index is 668. The Morgan fingerprint density at radius 2 is 1.91 bits per heavy atom. The van der Waals surface area contributed by atoms with Crippen LogP contribution in [0, 0.1) is 10.5 Å². The minimum absolute atomic E-state index is 0.178. The Kier molecular flexibility index (Phi) is 5.65. The molecule has 0 bridgehead atoms. The van der Waals surface area contributed by atoms with Crippen LogP contribution in [0.1, 0.15) is 22.8 Å².